The van der Waals surface area contributed by atoms with Gasteiger partial charge in [0.25, 0.3) is 0 Å². The average molecular weight is 361 g/mol. The number of urea groups is 1. The van der Waals surface area contributed by atoms with E-state index in [1.54, 1.807) is 12.1 Å². The fraction of sp³-hybridized carbons (Fsp3) is 0.273. The van der Waals surface area contributed by atoms with Crippen molar-refractivity contribution in [3.05, 3.63) is 30.3 Å². The lowest BCUT2D eigenvalue weighted by atomic mass is 10.3. The van der Waals surface area contributed by atoms with Gasteiger partial charge in [-0.1, -0.05) is 18.2 Å². The van der Waals surface area contributed by atoms with Crippen molar-refractivity contribution >= 4 is 41.7 Å². The number of guanidine groups is 1. The van der Waals surface area contributed by atoms with E-state index in [0.29, 0.717) is 11.6 Å². The van der Waals surface area contributed by atoms with Gasteiger partial charge in [-0.3, -0.25) is 10.4 Å². The van der Waals surface area contributed by atoms with Crippen LogP contribution in [0.4, 0.5) is 10.5 Å². The molecule has 0 radical (unpaired) electrons. The van der Waals surface area contributed by atoms with Crippen LogP contribution in [0.2, 0.25) is 0 Å². The summed E-state index contributed by atoms with van der Waals surface area (Å²) >= 11 is 0. The molecule has 0 atom stereocenters. The number of nitrogens with zero attached hydrogens (tertiary/aromatic N) is 2. The van der Waals surface area contributed by atoms with Crippen LogP contribution in [0.3, 0.4) is 0 Å². The largest absolute Gasteiger partial charge is 0.355 e. The molecule has 1 aromatic rings. The normalized spacial score (nSPS) is 13.7. The van der Waals surface area contributed by atoms with E-state index >= 15 is 0 Å². The number of anilines is 1. The Bertz CT molecular complexity index is 423. The topological polar surface area (TPSA) is 82.8 Å². The Morgan fingerprint density at radius 3 is 2.67 bits per heavy atom. The molecule has 1 aliphatic rings. The lowest BCUT2D eigenvalue weighted by Crippen LogP contribution is -2.54. The van der Waals surface area contributed by atoms with Crippen LogP contribution in [0.5, 0.6) is 0 Å². The van der Waals surface area contributed by atoms with Gasteiger partial charge in [-0.2, -0.15) is 0 Å². The summed E-state index contributed by atoms with van der Waals surface area (Å²) in [4.78, 5) is 15.6. The van der Waals surface area contributed by atoms with E-state index in [2.05, 4.69) is 15.7 Å². The number of carbonyl (C=O) groups excluding carboxylic acids is 1. The number of nitrogens with one attached hydrogen (secondary N) is 2. The minimum absolute atomic E-state index is 0. The summed E-state index contributed by atoms with van der Waals surface area (Å²) in [6.45, 7) is 1.59. The molecule has 2 rings (SSSR count). The van der Waals surface area contributed by atoms with Gasteiger partial charge in [0.15, 0.2) is 0 Å². The number of halogens is 1. The molecular formula is C11H16IN5O. The average Bonchev–Trinajstić information content (AvgIpc) is 2.38. The van der Waals surface area contributed by atoms with E-state index < -0.39 is 6.03 Å². The highest BCUT2D eigenvalue weighted by Crippen LogP contribution is 2.10. The number of hydrogen-bond acceptors (Lipinski definition) is 4. The Morgan fingerprint density at radius 1 is 1.39 bits per heavy atom. The summed E-state index contributed by atoms with van der Waals surface area (Å²) in [7, 11) is 0. The summed E-state index contributed by atoms with van der Waals surface area (Å²) < 4.78 is 0. The van der Waals surface area contributed by atoms with Crippen molar-refractivity contribution in [2.45, 2.75) is 6.42 Å². The van der Waals surface area contributed by atoms with Gasteiger partial charge in [0.05, 0.1) is 5.69 Å². The number of hydrogen-bond donors (Lipinski definition) is 3. The Balaban J connectivity index is 0.00000162. The molecule has 1 heterocycles. The number of nitrogens with two attached hydrogens (primary N) is 1. The lowest BCUT2D eigenvalue weighted by Gasteiger charge is -2.25. The Kier molecular flexibility index (Phi) is 5.69. The van der Waals surface area contributed by atoms with E-state index in [-0.39, 0.29) is 24.0 Å². The highest BCUT2D eigenvalue weighted by Gasteiger charge is 2.14. The van der Waals surface area contributed by atoms with Crippen LogP contribution >= 0.6 is 24.0 Å². The molecule has 7 heteroatoms. The third-order valence-corrected chi connectivity index (χ3v) is 2.35. The first-order chi connectivity index (χ1) is 8.27. The minimum Gasteiger partial charge on any atom is -0.355 e. The van der Waals surface area contributed by atoms with Crippen molar-refractivity contribution in [3.63, 3.8) is 0 Å². The monoisotopic (exact) mass is 361 g/mol. The van der Waals surface area contributed by atoms with E-state index in [1.807, 2.05) is 18.2 Å². The van der Waals surface area contributed by atoms with Gasteiger partial charge < -0.3 is 11.1 Å². The fourth-order valence-corrected chi connectivity index (χ4v) is 1.54. The van der Waals surface area contributed by atoms with Crippen LogP contribution in [0.1, 0.15) is 6.42 Å². The van der Waals surface area contributed by atoms with Crippen LogP contribution in [0.15, 0.2) is 35.3 Å². The van der Waals surface area contributed by atoms with Crippen molar-refractivity contribution in [1.29, 1.82) is 0 Å². The standard InChI is InChI=1S/C11H15N5O.HI/c12-10(17)16(9-5-2-1-3-6-9)15-11-13-7-4-8-14-11;/h1-3,5-6H,4,7-8H2,(H2,12,17)(H2,13,14,15);1H. The predicted molar refractivity (Wildman–Crippen MR) is 82.0 cm³/mol. The molecule has 18 heavy (non-hydrogen) atoms. The first kappa shape index (κ1) is 14.6. The van der Waals surface area contributed by atoms with Crippen molar-refractivity contribution in [2.75, 3.05) is 18.1 Å². The van der Waals surface area contributed by atoms with Gasteiger partial charge in [-0.15, -0.1) is 24.0 Å². The minimum atomic E-state index is -0.578. The second kappa shape index (κ2) is 7.04. The third kappa shape index (κ3) is 3.76. The molecule has 0 saturated heterocycles. The number of carbonyl (C=O) groups is 1. The maximum absolute atomic E-state index is 11.4. The number of aliphatic imine (C=N–C) groups is 1. The van der Waals surface area contributed by atoms with E-state index in [4.69, 9.17) is 5.73 Å². The first-order valence-corrected chi connectivity index (χ1v) is 5.47. The number of para-hydroxylation sites is 1. The van der Waals surface area contributed by atoms with Gasteiger partial charge in [0, 0.05) is 13.1 Å². The van der Waals surface area contributed by atoms with Crippen LogP contribution in [0, 0.1) is 0 Å². The molecule has 6 nitrogen and oxygen atoms in total. The summed E-state index contributed by atoms with van der Waals surface area (Å²) in [5.41, 5.74) is 8.87. The van der Waals surface area contributed by atoms with E-state index in [1.165, 1.54) is 5.01 Å². The number of rotatable bonds is 1. The number of benzene rings is 1. The molecule has 98 valence electrons. The molecule has 0 spiro atoms. The predicted octanol–water partition coefficient (Wildman–Crippen LogP) is 1.04. The number of primary amides is 1. The molecule has 0 bridgehead atoms. The zero-order valence-corrected chi connectivity index (χ0v) is 12.1. The van der Waals surface area contributed by atoms with Gasteiger partial charge in [-0.05, 0) is 18.6 Å². The van der Waals surface area contributed by atoms with E-state index in [0.717, 1.165) is 19.5 Å². The highest BCUT2D eigenvalue weighted by atomic mass is 127. The molecule has 0 aliphatic carbocycles. The number of hydrazine groups is 1. The van der Waals surface area contributed by atoms with Crippen molar-refractivity contribution < 1.29 is 4.79 Å². The summed E-state index contributed by atoms with van der Waals surface area (Å²) in [5.74, 6) is 0.568. The number of amides is 2. The Morgan fingerprint density at radius 2 is 2.11 bits per heavy atom. The van der Waals surface area contributed by atoms with Crippen molar-refractivity contribution in [3.8, 4) is 0 Å². The molecule has 0 unspecified atom stereocenters. The second-order valence-corrected chi connectivity index (χ2v) is 3.63. The second-order valence-electron chi connectivity index (χ2n) is 3.63. The summed E-state index contributed by atoms with van der Waals surface area (Å²) in [6.07, 6.45) is 0.993. The first-order valence-electron chi connectivity index (χ1n) is 5.47. The smallest absolute Gasteiger partial charge is 0.338 e. The molecule has 0 aromatic heterocycles. The molecule has 0 saturated carbocycles. The Labute approximate surface area is 123 Å². The maximum atomic E-state index is 11.4. The lowest BCUT2D eigenvalue weighted by molar-refractivity contribution is 0.252. The molecule has 0 fully saturated rings. The molecule has 1 aromatic carbocycles. The quantitative estimate of drug-likeness (QED) is 0.517. The fourth-order valence-electron chi connectivity index (χ4n) is 1.54. The van der Waals surface area contributed by atoms with Gasteiger partial charge >= 0.3 is 6.03 Å². The molecular weight excluding hydrogens is 345 g/mol. The summed E-state index contributed by atoms with van der Waals surface area (Å²) in [6, 6.07) is 8.55. The van der Waals surface area contributed by atoms with Crippen molar-refractivity contribution in [2.24, 2.45) is 10.7 Å². The SMILES string of the molecule is I.NC(=O)N(NC1=NCCCN1)c1ccccc1. The zero-order valence-electron chi connectivity index (χ0n) is 9.80. The van der Waals surface area contributed by atoms with Gasteiger partial charge in [0.2, 0.25) is 5.96 Å². The third-order valence-electron chi connectivity index (χ3n) is 2.35. The van der Waals surface area contributed by atoms with Crippen molar-refractivity contribution in [1.82, 2.24) is 10.7 Å². The van der Waals surface area contributed by atoms with Crippen LogP contribution in [-0.2, 0) is 0 Å². The molecule has 1 aliphatic heterocycles. The maximum Gasteiger partial charge on any atom is 0.338 e. The Hall–Kier alpha value is -1.51. The molecule has 2 amide bonds. The van der Waals surface area contributed by atoms with Crippen LogP contribution in [0.25, 0.3) is 0 Å². The van der Waals surface area contributed by atoms with Gasteiger partial charge in [0.1, 0.15) is 0 Å². The molecule has 4 N–H and O–H groups in total. The van der Waals surface area contributed by atoms with E-state index in [9.17, 15) is 4.79 Å². The van der Waals surface area contributed by atoms with Gasteiger partial charge in [-0.25, -0.2) is 9.80 Å². The van der Waals surface area contributed by atoms with Crippen LogP contribution in [-0.4, -0.2) is 25.1 Å². The summed E-state index contributed by atoms with van der Waals surface area (Å²) in [5, 5.41) is 4.32. The van der Waals surface area contributed by atoms with Crippen LogP contribution < -0.4 is 21.5 Å². The zero-order chi connectivity index (χ0) is 12.1. The highest BCUT2D eigenvalue weighted by molar-refractivity contribution is 14.0.